The fraction of sp³-hybridized carbons (Fsp3) is 0. The molecule has 5 aromatic rings. The molecule has 1 N–H and O–H groups in total. The third-order valence-electron chi connectivity index (χ3n) is 4.58. The van der Waals surface area contributed by atoms with Crippen molar-refractivity contribution in [3.63, 3.8) is 0 Å². The number of hydrogen-bond donors (Lipinski definition) is 1. The molecule has 0 saturated heterocycles. The zero-order valence-electron chi connectivity index (χ0n) is 14.4. The van der Waals surface area contributed by atoms with Crippen molar-refractivity contribution in [1.29, 1.82) is 0 Å². The summed E-state index contributed by atoms with van der Waals surface area (Å²) in [6.07, 6.45) is 5.40. The molecule has 4 aromatic heterocycles. The Morgan fingerprint density at radius 1 is 1.04 bits per heavy atom. The van der Waals surface area contributed by atoms with Crippen molar-refractivity contribution in [3.8, 4) is 22.4 Å². The quantitative estimate of drug-likeness (QED) is 0.475. The van der Waals surface area contributed by atoms with E-state index >= 15 is 0 Å². The van der Waals surface area contributed by atoms with Crippen LogP contribution in [-0.2, 0) is 0 Å². The molecular weight excluding hydrogens is 379 g/mol. The summed E-state index contributed by atoms with van der Waals surface area (Å²) >= 11 is 6.41. The maximum absolute atomic E-state index is 13.4. The van der Waals surface area contributed by atoms with E-state index in [1.54, 1.807) is 24.4 Å². The summed E-state index contributed by atoms with van der Waals surface area (Å²) in [6, 6.07) is 13.0. The van der Waals surface area contributed by atoms with E-state index in [9.17, 15) is 9.18 Å². The van der Waals surface area contributed by atoms with Crippen LogP contribution < -0.4 is 5.56 Å². The number of hydrogen-bond acceptors (Lipinski definition) is 3. The highest BCUT2D eigenvalue weighted by molar-refractivity contribution is 6.33. The molecule has 0 bridgehead atoms. The van der Waals surface area contributed by atoms with E-state index in [0.29, 0.717) is 22.0 Å². The molecule has 0 unspecified atom stereocenters. The maximum atomic E-state index is 13.4. The number of nitrogens with zero attached hydrogens (tertiary/aromatic N) is 3. The third-order valence-corrected chi connectivity index (χ3v) is 4.86. The van der Waals surface area contributed by atoms with Crippen molar-refractivity contribution < 1.29 is 4.39 Å². The van der Waals surface area contributed by atoms with E-state index < -0.39 is 0 Å². The number of aromatic nitrogens is 4. The molecule has 0 aliphatic heterocycles. The Balaban J connectivity index is 1.84. The molecule has 5 rings (SSSR count). The monoisotopic (exact) mass is 390 g/mol. The lowest BCUT2D eigenvalue weighted by Crippen LogP contribution is -2.04. The number of imidazole rings is 1. The van der Waals surface area contributed by atoms with Crippen molar-refractivity contribution in [2.45, 2.75) is 0 Å². The average molecular weight is 391 g/mol. The van der Waals surface area contributed by atoms with Gasteiger partial charge >= 0.3 is 0 Å². The van der Waals surface area contributed by atoms with Gasteiger partial charge < -0.3 is 9.38 Å². The second-order valence-electron chi connectivity index (χ2n) is 6.39. The smallest absolute Gasteiger partial charge is 0.249 e. The van der Waals surface area contributed by atoms with Gasteiger partial charge in [-0.2, -0.15) is 0 Å². The van der Waals surface area contributed by atoms with Crippen molar-refractivity contribution >= 4 is 28.3 Å². The molecule has 28 heavy (non-hydrogen) atoms. The summed E-state index contributed by atoms with van der Waals surface area (Å²) in [6.45, 7) is 0. The van der Waals surface area contributed by atoms with E-state index in [2.05, 4.69) is 15.0 Å². The summed E-state index contributed by atoms with van der Waals surface area (Å²) in [7, 11) is 0. The van der Waals surface area contributed by atoms with Crippen LogP contribution in [0.2, 0.25) is 5.02 Å². The average Bonchev–Trinajstić information content (AvgIpc) is 3.17. The molecule has 0 amide bonds. The first kappa shape index (κ1) is 16.6. The molecule has 1 aromatic carbocycles. The first-order valence-corrected chi connectivity index (χ1v) is 8.89. The molecular formula is C21H12ClFN4O. The number of fused-ring (bicyclic) bond motifs is 2. The fourth-order valence-electron chi connectivity index (χ4n) is 3.27. The van der Waals surface area contributed by atoms with Gasteiger partial charge in [0.2, 0.25) is 5.56 Å². The second-order valence-corrected chi connectivity index (χ2v) is 6.79. The zero-order valence-corrected chi connectivity index (χ0v) is 15.1. The van der Waals surface area contributed by atoms with Crippen LogP contribution in [0.3, 0.4) is 0 Å². The maximum Gasteiger partial charge on any atom is 0.249 e. The van der Waals surface area contributed by atoms with Crippen molar-refractivity contribution in [2.24, 2.45) is 0 Å². The highest BCUT2D eigenvalue weighted by Crippen LogP contribution is 2.34. The standard InChI is InChI=1S/C21H12ClFN4O/c22-17-10-14(11-27-8-7-24-21(17)27)16-9-13-3-6-18(28)25-20(13)26-19(16)12-1-4-15(23)5-2-12/h1-11H,(H,25,26,28). The third kappa shape index (κ3) is 2.75. The largest absolute Gasteiger partial charge is 0.307 e. The summed E-state index contributed by atoms with van der Waals surface area (Å²) in [5.41, 5.74) is 3.87. The van der Waals surface area contributed by atoms with Crippen molar-refractivity contribution in [3.05, 3.63) is 88.3 Å². The molecule has 7 heteroatoms. The number of halogens is 2. The lowest BCUT2D eigenvalue weighted by molar-refractivity contribution is 0.628. The molecule has 0 atom stereocenters. The summed E-state index contributed by atoms with van der Waals surface area (Å²) < 4.78 is 15.3. The van der Waals surface area contributed by atoms with Gasteiger partial charge in [-0.1, -0.05) is 11.6 Å². The van der Waals surface area contributed by atoms with Crippen LogP contribution in [0.25, 0.3) is 39.1 Å². The minimum absolute atomic E-state index is 0.235. The summed E-state index contributed by atoms with van der Waals surface area (Å²) in [4.78, 5) is 23.4. The minimum atomic E-state index is -0.331. The van der Waals surface area contributed by atoms with Crippen LogP contribution in [0, 0.1) is 5.82 Å². The number of benzene rings is 1. The number of pyridine rings is 3. The summed E-state index contributed by atoms with van der Waals surface area (Å²) in [5, 5.41) is 1.29. The molecule has 0 spiro atoms. The first-order chi connectivity index (χ1) is 13.6. The zero-order chi connectivity index (χ0) is 19.3. The van der Waals surface area contributed by atoms with E-state index in [1.165, 1.54) is 18.2 Å². The van der Waals surface area contributed by atoms with Crippen LogP contribution >= 0.6 is 11.6 Å². The second kappa shape index (κ2) is 6.28. The van der Waals surface area contributed by atoms with Crippen molar-refractivity contribution in [1.82, 2.24) is 19.4 Å². The van der Waals surface area contributed by atoms with Gasteiger partial charge in [0.15, 0.2) is 5.65 Å². The normalized spacial score (nSPS) is 11.4. The van der Waals surface area contributed by atoms with E-state index in [0.717, 1.165) is 22.1 Å². The van der Waals surface area contributed by atoms with Gasteiger partial charge in [0, 0.05) is 46.7 Å². The number of rotatable bonds is 2. The Bertz CT molecular complexity index is 1410. The number of H-pyrrole nitrogens is 1. The fourth-order valence-corrected chi connectivity index (χ4v) is 3.53. The molecule has 5 nitrogen and oxygen atoms in total. The van der Waals surface area contributed by atoms with E-state index in [-0.39, 0.29) is 11.4 Å². The van der Waals surface area contributed by atoms with E-state index in [4.69, 9.17) is 11.6 Å². The highest BCUT2D eigenvalue weighted by Gasteiger charge is 2.14. The van der Waals surface area contributed by atoms with Gasteiger partial charge in [-0.15, -0.1) is 0 Å². The Hall–Kier alpha value is -3.51. The van der Waals surface area contributed by atoms with Gasteiger partial charge in [-0.3, -0.25) is 4.79 Å². The van der Waals surface area contributed by atoms with Crippen LogP contribution in [0.15, 0.2) is 71.9 Å². The summed E-state index contributed by atoms with van der Waals surface area (Å²) in [5.74, 6) is -0.331. The molecule has 0 saturated carbocycles. The predicted octanol–water partition coefficient (Wildman–Crippen LogP) is 4.70. The molecule has 0 radical (unpaired) electrons. The Labute approximate surface area is 163 Å². The van der Waals surface area contributed by atoms with Gasteiger partial charge in [-0.25, -0.2) is 14.4 Å². The van der Waals surface area contributed by atoms with Gasteiger partial charge in [0.1, 0.15) is 11.5 Å². The molecule has 0 aliphatic carbocycles. The van der Waals surface area contributed by atoms with Crippen molar-refractivity contribution in [2.75, 3.05) is 0 Å². The van der Waals surface area contributed by atoms with E-state index in [1.807, 2.05) is 28.9 Å². The Morgan fingerprint density at radius 2 is 1.86 bits per heavy atom. The molecule has 4 heterocycles. The molecule has 0 aliphatic rings. The predicted molar refractivity (Wildman–Crippen MR) is 107 cm³/mol. The van der Waals surface area contributed by atoms with Crippen LogP contribution in [-0.4, -0.2) is 19.4 Å². The Kier molecular flexibility index (Phi) is 3.74. The number of aromatic amines is 1. The first-order valence-electron chi connectivity index (χ1n) is 8.51. The van der Waals surface area contributed by atoms with Crippen LogP contribution in [0.5, 0.6) is 0 Å². The minimum Gasteiger partial charge on any atom is -0.307 e. The van der Waals surface area contributed by atoms with Gasteiger partial charge in [-0.05, 0) is 42.5 Å². The SMILES string of the molecule is O=c1ccc2cc(-c3cc(Cl)c4nccn4c3)c(-c3ccc(F)cc3)nc2[nH]1. The lowest BCUT2D eigenvalue weighted by Gasteiger charge is -2.12. The molecule has 0 fully saturated rings. The topological polar surface area (TPSA) is 63.1 Å². The number of nitrogens with one attached hydrogen (secondary N) is 1. The van der Waals surface area contributed by atoms with Gasteiger partial charge in [0.25, 0.3) is 0 Å². The van der Waals surface area contributed by atoms with Crippen LogP contribution in [0.4, 0.5) is 4.39 Å². The Morgan fingerprint density at radius 3 is 2.68 bits per heavy atom. The highest BCUT2D eigenvalue weighted by atomic mass is 35.5. The van der Waals surface area contributed by atoms with Crippen LogP contribution in [0.1, 0.15) is 0 Å². The lowest BCUT2D eigenvalue weighted by atomic mass is 9.99. The van der Waals surface area contributed by atoms with Gasteiger partial charge in [0.05, 0.1) is 10.7 Å². The molecule has 136 valence electrons.